The second kappa shape index (κ2) is 4.63. The lowest BCUT2D eigenvalue weighted by Crippen LogP contribution is -2.45. The van der Waals surface area contributed by atoms with Gasteiger partial charge in [-0.05, 0) is 56.3 Å². The van der Waals surface area contributed by atoms with Crippen molar-refractivity contribution in [2.75, 3.05) is 6.61 Å². The molecule has 1 aliphatic heterocycles. The quantitative estimate of drug-likeness (QED) is 0.565. The third-order valence-corrected chi connectivity index (χ3v) is 5.07. The molecule has 0 aromatic heterocycles. The minimum absolute atomic E-state index is 0.379. The summed E-state index contributed by atoms with van der Waals surface area (Å²) in [6, 6.07) is 0.395. The number of rotatable bonds is 4. The van der Waals surface area contributed by atoms with E-state index in [2.05, 4.69) is 5.43 Å². The van der Waals surface area contributed by atoms with Gasteiger partial charge in [-0.2, -0.15) is 0 Å². The number of hydrogen-bond acceptors (Lipinski definition) is 3. The summed E-state index contributed by atoms with van der Waals surface area (Å²) in [5.74, 6) is 8.66. The van der Waals surface area contributed by atoms with E-state index >= 15 is 0 Å². The van der Waals surface area contributed by atoms with Gasteiger partial charge < -0.3 is 4.74 Å². The van der Waals surface area contributed by atoms with E-state index in [-0.39, 0.29) is 0 Å². The largest absolute Gasteiger partial charge is 0.377 e. The molecule has 2 bridgehead atoms. The summed E-state index contributed by atoms with van der Waals surface area (Å²) in [5.41, 5.74) is 3.01. The van der Waals surface area contributed by atoms with Crippen molar-refractivity contribution in [1.82, 2.24) is 5.43 Å². The van der Waals surface area contributed by atoms with Crippen molar-refractivity contribution in [3.63, 3.8) is 0 Å². The van der Waals surface area contributed by atoms with E-state index < -0.39 is 0 Å². The van der Waals surface area contributed by atoms with Crippen molar-refractivity contribution in [2.45, 2.75) is 57.1 Å². The van der Waals surface area contributed by atoms with E-state index in [4.69, 9.17) is 10.6 Å². The van der Waals surface area contributed by atoms with E-state index in [1.165, 1.54) is 44.9 Å². The van der Waals surface area contributed by atoms with E-state index in [1.807, 2.05) is 0 Å². The van der Waals surface area contributed by atoms with Crippen LogP contribution in [-0.4, -0.2) is 18.8 Å². The number of ether oxygens (including phenoxy) is 1. The normalized spacial score (nSPS) is 44.1. The summed E-state index contributed by atoms with van der Waals surface area (Å²) in [4.78, 5) is 0. The number of nitrogens with two attached hydrogens (primary N) is 1. The third-order valence-electron chi connectivity index (χ3n) is 5.07. The third kappa shape index (κ3) is 2.01. The van der Waals surface area contributed by atoms with Gasteiger partial charge in [0.25, 0.3) is 0 Å². The molecular formula is C13H24N2O. The fourth-order valence-electron chi connectivity index (χ4n) is 4.24. The fourth-order valence-corrected chi connectivity index (χ4v) is 4.24. The summed E-state index contributed by atoms with van der Waals surface area (Å²) in [7, 11) is 0. The molecule has 2 saturated carbocycles. The molecule has 0 aromatic rings. The van der Waals surface area contributed by atoms with Crippen LogP contribution in [0.1, 0.15) is 44.9 Å². The molecule has 3 fully saturated rings. The maximum atomic E-state index is 5.75. The lowest BCUT2D eigenvalue weighted by molar-refractivity contribution is 0.0657. The molecule has 16 heavy (non-hydrogen) atoms. The summed E-state index contributed by atoms with van der Waals surface area (Å²) < 4.78 is 5.75. The molecular weight excluding hydrogens is 200 g/mol. The molecule has 0 amide bonds. The molecule has 5 atom stereocenters. The van der Waals surface area contributed by atoms with Crippen LogP contribution in [-0.2, 0) is 4.74 Å². The van der Waals surface area contributed by atoms with E-state index in [9.17, 15) is 0 Å². The van der Waals surface area contributed by atoms with Crippen LogP contribution in [0.3, 0.4) is 0 Å². The van der Waals surface area contributed by atoms with Crippen molar-refractivity contribution in [1.29, 1.82) is 0 Å². The molecule has 0 spiro atoms. The molecule has 3 rings (SSSR count). The summed E-state index contributed by atoms with van der Waals surface area (Å²) in [6.45, 7) is 0.930. The highest BCUT2D eigenvalue weighted by atomic mass is 16.5. The van der Waals surface area contributed by atoms with Crippen LogP contribution >= 0.6 is 0 Å². The van der Waals surface area contributed by atoms with Gasteiger partial charge in [0.2, 0.25) is 0 Å². The number of fused-ring (bicyclic) bond motifs is 2. The van der Waals surface area contributed by atoms with Gasteiger partial charge in [0.15, 0.2) is 0 Å². The first-order valence-electron chi connectivity index (χ1n) is 6.94. The smallest absolute Gasteiger partial charge is 0.0742 e. The highest BCUT2D eigenvalue weighted by Gasteiger charge is 2.41. The number of hydrazine groups is 1. The predicted molar refractivity (Wildman–Crippen MR) is 63.6 cm³/mol. The zero-order valence-corrected chi connectivity index (χ0v) is 10.0. The molecule has 0 radical (unpaired) electrons. The minimum Gasteiger partial charge on any atom is -0.377 e. The first kappa shape index (κ1) is 11.0. The number of hydrogen-bond donors (Lipinski definition) is 2. The molecule has 3 nitrogen and oxygen atoms in total. The van der Waals surface area contributed by atoms with Crippen LogP contribution < -0.4 is 11.3 Å². The van der Waals surface area contributed by atoms with E-state index in [0.29, 0.717) is 12.1 Å². The van der Waals surface area contributed by atoms with Crippen molar-refractivity contribution in [2.24, 2.45) is 23.6 Å². The lowest BCUT2D eigenvalue weighted by atomic mass is 9.83. The van der Waals surface area contributed by atoms with Crippen molar-refractivity contribution < 1.29 is 4.74 Å². The average molecular weight is 224 g/mol. The van der Waals surface area contributed by atoms with Crippen molar-refractivity contribution in [3.8, 4) is 0 Å². The van der Waals surface area contributed by atoms with Gasteiger partial charge in [-0.1, -0.05) is 6.42 Å². The van der Waals surface area contributed by atoms with Crippen LogP contribution in [0.25, 0.3) is 0 Å². The van der Waals surface area contributed by atoms with Gasteiger partial charge in [0.05, 0.1) is 6.10 Å². The Morgan fingerprint density at radius 2 is 2.19 bits per heavy atom. The first-order valence-corrected chi connectivity index (χ1v) is 6.94. The van der Waals surface area contributed by atoms with Crippen LogP contribution in [0.4, 0.5) is 0 Å². The van der Waals surface area contributed by atoms with Crippen LogP contribution in [0.15, 0.2) is 0 Å². The van der Waals surface area contributed by atoms with E-state index in [0.717, 1.165) is 24.4 Å². The van der Waals surface area contributed by atoms with Crippen LogP contribution in [0.2, 0.25) is 0 Å². The highest BCUT2D eigenvalue weighted by molar-refractivity contribution is 4.93. The maximum absolute atomic E-state index is 5.75. The molecule has 1 saturated heterocycles. The van der Waals surface area contributed by atoms with E-state index in [1.54, 1.807) is 0 Å². The first-order chi connectivity index (χ1) is 7.86. The van der Waals surface area contributed by atoms with Gasteiger partial charge in [-0.15, -0.1) is 0 Å². The van der Waals surface area contributed by atoms with Crippen LogP contribution in [0.5, 0.6) is 0 Å². The highest BCUT2D eigenvalue weighted by Crippen LogP contribution is 2.50. The maximum Gasteiger partial charge on any atom is 0.0742 e. The Bertz CT molecular complexity index is 240. The fraction of sp³-hybridized carbons (Fsp3) is 1.00. The molecule has 1 heterocycles. The Kier molecular flexibility index (Phi) is 3.18. The zero-order valence-electron chi connectivity index (χ0n) is 10.0. The number of nitrogens with one attached hydrogen (secondary N) is 1. The van der Waals surface area contributed by atoms with Gasteiger partial charge >= 0.3 is 0 Å². The molecule has 3 aliphatic rings. The molecule has 0 aromatic carbocycles. The molecule has 3 heteroatoms. The second-order valence-electron chi connectivity index (χ2n) is 6.00. The standard InChI is InChI=1S/C13H24N2O/c14-15-12(13-2-1-5-16-13)8-11-7-9-3-4-10(11)6-9/h9-13,15H,1-8,14H2. The van der Waals surface area contributed by atoms with Gasteiger partial charge in [0.1, 0.15) is 0 Å². The Morgan fingerprint density at radius 1 is 1.25 bits per heavy atom. The lowest BCUT2D eigenvalue weighted by Gasteiger charge is -2.29. The summed E-state index contributed by atoms with van der Waals surface area (Å²) in [5, 5.41) is 0. The Morgan fingerprint density at radius 3 is 2.75 bits per heavy atom. The SMILES string of the molecule is NNC(CC1CC2CCC1C2)C1CCCO1. The molecule has 3 N–H and O–H groups in total. The topological polar surface area (TPSA) is 47.3 Å². The van der Waals surface area contributed by atoms with Gasteiger partial charge in [-0.3, -0.25) is 11.3 Å². The Hall–Kier alpha value is -0.120. The molecule has 92 valence electrons. The molecule has 2 aliphatic carbocycles. The minimum atomic E-state index is 0.379. The second-order valence-corrected chi connectivity index (χ2v) is 6.00. The summed E-state index contributed by atoms with van der Waals surface area (Å²) in [6.07, 6.45) is 9.92. The Labute approximate surface area is 98.1 Å². The molecule has 5 unspecified atom stereocenters. The predicted octanol–water partition coefficient (Wildman–Crippen LogP) is 1.82. The average Bonchev–Trinajstić information content (AvgIpc) is 3.01. The van der Waals surface area contributed by atoms with Gasteiger partial charge in [0, 0.05) is 12.6 Å². The summed E-state index contributed by atoms with van der Waals surface area (Å²) >= 11 is 0. The van der Waals surface area contributed by atoms with Crippen molar-refractivity contribution in [3.05, 3.63) is 0 Å². The van der Waals surface area contributed by atoms with Crippen LogP contribution in [0, 0.1) is 17.8 Å². The van der Waals surface area contributed by atoms with Crippen molar-refractivity contribution >= 4 is 0 Å². The van der Waals surface area contributed by atoms with Gasteiger partial charge in [-0.25, -0.2) is 0 Å². The monoisotopic (exact) mass is 224 g/mol. The Balaban J connectivity index is 1.55. The zero-order chi connectivity index (χ0) is 11.0.